The highest BCUT2D eigenvalue weighted by Crippen LogP contribution is 2.43. The molecular weight excluding hydrogens is 404 g/mol. The Bertz CT molecular complexity index is 1770. The monoisotopic (exact) mass is 432 g/mol. The molecule has 0 spiro atoms. The number of aryl methyl sites for hydroxylation is 3. The molecule has 3 aromatic heterocycles. The van der Waals surface area contributed by atoms with Gasteiger partial charge in [0.2, 0.25) is 16.9 Å². The average molecular weight is 433 g/mol. The van der Waals surface area contributed by atoms with Crippen molar-refractivity contribution in [2.45, 2.75) is 33.6 Å². The number of pyridine rings is 2. The number of hydrogen-bond acceptors (Lipinski definition) is 2. The highest BCUT2D eigenvalue weighted by Gasteiger charge is 2.27. The second kappa shape index (κ2) is 7.14. The summed E-state index contributed by atoms with van der Waals surface area (Å²) in [6.45, 7) is 8.07. The molecular formula is C30H27N2O+. The first-order chi connectivity index (χ1) is 16.3. The van der Waals surface area contributed by atoms with E-state index in [1.54, 1.807) is 0 Å². The molecule has 0 saturated carbocycles. The Hall–Kier alpha value is -3.72. The van der Waals surface area contributed by atoms with Gasteiger partial charge in [-0.3, -0.25) is 0 Å². The standard InChI is InChI=1S/C30H27N2O/c1-17(2)24-16-26(32(5)25-13-9-8-11-21(24)25)27-19(4)20-10-6-7-12-22(20)28-23-15-14-18(3)31-30(23)33-29(27)28/h6-17H,1-5H3/q+1/i17D. The maximum Gasteiger partial charge on any atom is 0.227 e. The van der Waals surface area contributed by atoms with Gasteiger partial charge >= 0.3 is 0 Å². The molecule has 0 radical (unpaired) electrons. The highest BCUT2D eigenvalue weighted by molar-refractivity contribution is 6.23. The summed E-state index contributed by atoms with van der Waals surface area (Å²) in [6, 6.07) is 23.2. The van der Waals surface area contributed by atoms with E-state index in [1.807, 2.05) is 32.9 Å². The molecule has 33 heavy (non-hydrogen) atoms. The predicted molar refractivity (Wildman–Crippen MR) is 137 cm³/mol. The lowest BCUT2D eigenvalue weighted by atomic mass is 9.90. The number of aromatic nitrogens is 2. The Morgan fingerprint density at radius 2 is 1.58 bits per heavy atom. The van der Waals surface area contributed by atoms with E-state index in [-0.39, 0.29) is 0 Å². The zero-order valence-corrected chi connectivity index (χ0v) is 19.7. The number of rotatable bonds is 2. The molecule has 6 rings (SSSR count). The van der Waals surface area contributed by atoms with Crippen LogP contribution in [0.5, 0.6) is 0 Å². The van der Waals surface area contributed by atoms with E-state index < -0.39 is 5.89 Å². The number of fused-ring (bicyclic) bond motifs is 6. The molecule has 162 valence electrons. The van der Waals surface area contributed by atoms with E-state index in [2.05, 4.69) is 73.1 Å². The van der Waals surface area contributed by atoms with Crippen LogP contribution in [0.4, 0.5) is 0 Å². The fourth-order valence-electron chi connectivity index (χ4n) is 5.24. The zero-order valence-electron chi connectivity index (χ0n) is 20.7. The number of furan rings is 1. The van der Waals surface area contributed by atoms with Gasteiger partial charge in [0, 0.05) is 35.4 Å². The smallest absolute Gasteiger partial charge is 0.227 e. The number of benzene rings is 3. The van der Waals surface area contributed by atoms with Gasteiger partial charge in [-0.25, -0.2) is 4.98 Å². The third kappa shape index (κ3) is 2.82. The van der Waals surface area contributed by atoms with E-state index in [9.17, 15) is 0 Å². The van der Waals surface area contributed by atoms with Crippen LogP contribution in [-0.4, -0.2) is 4.98 Å². The summed E-state index contributed by atoms with van der Waals surface area (Å²) in [5, 5.41) is 5.60. The van der Waals surface area contributed by atoms with Crippen LogP contribution in [0.25, 0.3) is 55.0 Å². The Labute approximate surface area is 194 Å². The predicted octanol–water partition coefficient (Wildman–Crippen LogP) is 7.52. The molecule has 0 unspecified atom stereocenters. The van der Waals surface area contributed by atoms with Crippen molar-refractivity contribution in [2.24, 2.45) is 7.05 Å². The van der Waals surface area contributed by atoms with Gasteiger partial charge in [-0.15, -0.1) is 0 Å². The van der Waals surface area contributed by atoms with Crippen molar-refractivity contribution in [1.82, 2.24) is 4.98 Å². The second-order valence-corrected chi connectivity index (χ2v) is 9.18. The van der Waals surface area contributed by atoms with Crippen LogP contribution in [0.15, 0.2) is 71.1 Å². The van der Waals surface area contributed by atoms with Crippen molar-refractivity contribution in [3.63, 3.8) is 0 Å². The molecule has 0 atom stereocenters. The number of nitrogens with zero attached hydrogens (tertiary/aromatic N) is 2. The lowest BCUT2D eigenvalue weighted by molar-refractivity contribution is -0.633. The molecule has 3 aromatic carbocycles. The third-order valence-electron chi connectivity index (χ3n) is 6.89. The van der Waals surface area contributed by atoms with Crippen molar-refractivity contribution in [2.75, 3.05) is 0 Å². The Morgan fingerprint density at radius 3 is 2.33 bits per heavy atom. The molecule has 0 N–H and O–H groups in total. The molecule has 0 aliphatic carbocycles. The molecule has 3 heterocycles. The molecule has 3 nitrogen and oxygen atoms in total. The quantitative estimate of drug-likeness (QED) is 0.265. The van der Waals surface area contributed by atoms with E-state index in [4.69, 9.17) is 10.8 Å². The van der Waals surface area contributed by atoms with Crippen LogP contribution in [-0.2, 0) is 7.05 Å². The van der Waals surface area contributed by atoms with Crippen molar-refractivity contribution in [3.05, 3.63) is 83.6 Å². The van der Waals surface area contributed by atoms with Gasteiger partial charge in [-0.2, -0.15) is 4.57 Å². The van der Waals surface area contributed by atoms with Crippen molar-refractivity contribution < 1.29 is 10.4 Å². The molecule has 0 amide bonds. The first kappa shape index (κ1) is 18.8. The SMILES string of the molecule is [2H]C(C)(C)c1cc(-c2c(C)c3ccccc3c3c2oc2nc(C)ccc23)[n+](C)c2ccccc12. The second-order valence-electron chi connectivity index (χ2n) is 9.18. The third-order valence-corrected chi connectivity index (χ3v) is 6.89. The van der Waals surface area contributed by atoms with Crippen molar-refractivity contribution >= 4 is 43.7 Å². The molecule has 6 aromatic rings. The van der Waals surface area contributed by atoms with Gasteiger partial charge in [0.05, 0.1) is 5.56 Å². The minimum atomic E-state index is -0.751. The zero-order chi connectivity index (χ0) is 23.8. The normalized spacial score (nSPS) is 12.8. The van der Waals surface area contributed by atoms with Gasteiger partial charge in [-0.1, -0.05) is 50.2 Å². The summed E-state index contributed by atoms with van der Waals surface area (Å²) in [5.41, 5.74) is 7.81. The number of para-hydroxylation sites is 1. The topological polar surface area (TPSA) is 29.9 Å². The summed E-state index contributed by atoms with van der Waals surface area (Å²) in [6.07, 6.45) is 0. The van der Waals surface area contributed by atoms with Gasteiger partial charge < -0.3 is 4.42 Å². The summed E-state index contributed by atoms with van der Waals surface area (Å²) in [4.78, 5) is 4.71. The molecule has 0 bridgehead atoms. The first-order valence-corrected chi connectivity index (χ1v) is 11.4. The van der Waals surface area contributed by atoms with Crippen molar-refractivity contribution in [1.29, 1.82) is 0 Å². The average Bonchev–Trinajstić information content (AvgIpc) is 3.18. The minimum Gasteiger partial charge on any atom is -0.437 e. The Morgan fingerprint density at radius 1 is 0.879 bits per heavy atom. The summed E-state index contributed by atoms with van der Waals surface area (Å²) < 4.78 is 17.7. The molecule has 0 aliphatic rings. The maximum absolute atomic E-state index is 8.90. The van der Waals surface area contributed by atoms with Crippen molar-refractivity contribution in [3.8, 4) is 11.3 Å². The van der Waals surface area contributed by atoms with E-state index in [0.29, 0.717) is 5.71 Å². The summed E-state index contributed by atoms with van der Waals surface area (Å²) in [5.74, 6) is -0.751. The molecule has 0 aliphatic heterocycles. The van der Waals surface area contributed by atoms with Gasteiger partial charge in [0.15, 0.2) is 5.58 Å². The largest absolute Gasteiger partial charge is 0.437 e. The summed E-state index contributed by atoms with van der Waals surface area (Å²) >= 11 is 0. The Balaban J connectivity index is 1.86. The van der Waals surface area contributed by atoms with Crippen LogP contribution < -0.4 is 4.57 Å². The fraction of sp³-hybridized carbons (Fsp3) is 0.200. The van der Waals surface area contributed by atoms with Crippen LogP contribution >= 0.6 is 0 Å². The van der Waals surface area contributed by atoms with Crippen LogP contribution in [0.3, 0.4) is 0 Å². The first-order valence-electron chi connectivity index (χ1n) is 11.9. The lowest BCUT2D eigenvalue weighted by Gasteiger charge is -2.15. The lowest BCUT2D eigenvalue weighted by Crippen LogP contribution is -2.33. The molecule has 0 fully saturated rings. The number of hydrogen-bond donors (Lipinski definition) is 0. The Kier molecular flexibility index (Phi) is 4.07. The fourth-order valence-corrected chi connectivity index (χ4v) is 5.24. The minimum absolute atomic E-state index is 0.663. The highest BCUT2D eigenvalue weighted by atomic mass is 16.3. The summed E-state index contributed by atoms with van der Waals surface area (Å²) in [7, 11) is 2.10. The molecule has 3 heteroatoms. The molecule has 0 saturated heterocycles. The van der Waals surface area contributed by atoms with Crippen LogP contribution in [0.2, 0.25) is 0 Å². The van der Waals surface area contributed by atoms with E-state index >= 15 is 0 Å². The van der Waals surface area contributed by atoms with Gasteiger partial charge in [0.1, 0.15) is 7.05 Å². The van der Waals surface area contributed by atoms with Gasteiger partial charge in [-0.05, 0) is 59.8 Å². The van der Waals surface area contributed by atoms with Crippen LogP contribution in [0, 0.1) is 13.8 Å². The van der Waals surface area contributed by atoms with E-state index in [0.717, 1.165) is 49.8 Å². The van der Waals surface area contributed by atoms with E-state index in [1.165, 1.54) is 16.3 Å². The maximum atomic E-state index is 8.90. The van der Waals surface area contributed by atoms with Crippen LogP contribution in [0.1, 0.15) is 37.9 Å². The van der Waals surface area contributed by atoms with Gasteiger partial charge in [0.25, 0.3) is 0 Å².